The van der Waals surface area contributed by atoms with Gasteiger partial charge >= 0.3 is 0 Å². The van der Waals surface area contributed by atoms with E-state index < -0.39 is 0 Å². The Morgan fingerprint density at radius 3 is 3.00 bits per heavy atom. The smallest absolute Gasteiger partial charge is 0.254 e. The van der Waals surface area contributed by atoms with Crippen LogP contribution in [0.4, 0.5) is 0 Å². The molecule has 2 nitrogen and oxygen atoms in total. The second-order valence-electron chi connectivity index (χ2n) is 5.09. The molecule has 1 unspecified atom stereocenters. The number of likely N-dealkylation sites (tertiary alicyclic amines) is 1. The average Bonchev–Trinajstić information content (AvgIpc) is 2.86. The van der Waals surface area contributed by atoms with Crippen molar-refractivity contribution in [2.24, 2.45) is 0 Å². The summed E-state index contributed by atoms with van der Waals surface area (Å²) >= 11 is 6.92. The zero-order chi connectivity index (χ0) is 13.8. The van der Waals surface area contributed by atoms with Gasteiger partial charge in [-0.3, -0.25) is 4.79 Å². The van der Waals surface area contributed by atoms with Crippen LogP contribution in [0.5, 0.6) is 0 Å². The maximum absolute atomic E-state index is 12.7. The van der Waals surface area contributed by atoms with Gasteiger partial charge in [-0.15, -0.1) is 0 Å². The predicted molar refractivity (Wildman–Crippen MR) is 86.0 cm³/mol. The van der Waals surface area contributed by atoms with Crippen LogP contribution in [0.15, 0.2) is 22.7 Å². The first-order valence-corrected chi connectivity index (χ1v) is 8.68. The Kier molecular flexibility index (Phi) is 5.46. The number of benzene rings is 1. The fraction of sp³-hybridized carbons (Fsp3) is 0.533. The van der Waals surface area contributed by atoms with E-state index in [2.05, 4.69) is 36.8 Å². The highest BCUT2D eigenvalue weighted by Crippen LogP contribution is 2.26. The van der Waals surface area contributed by atoms with Crippen molar-refractivity contribution in [2.45, 2.75) is 38.6 Å². The molecule has 1 aliphatic heterocycles. The first kappa shape index (κ1) is 15.0. The summed E-state index contributed by atoms with van der Waals surface area (Å²) in [5.41, 5.74) is 1.89. The van der Waals surface area contributed by atoms with Gasteiger partial charge in [-0.1, -0.05) is 37.9 Å². The highest BCUT2D eigenvalue weighted by Gasteiger charge is 2.29. The highest BCUT2D eigenvalue weighted by molar-refractivity contribution is 9.10. The monoisotopic (exact) mass is 387 g/mol. The van der Waals surface area contributed by atoms with Gasteiger partial charge in [-0.05, 0) is 50.3 Å². The van der Waals surface area contributed by atoms with Crippen LogP contribution in [0.25, 0.3) is 0 Å². The fourth-order valence-corrected chi connectivity index (χ4v) is 3.38. The van der Waals surface area contributed by atoms with Gasteiger partial charge in [-0.2, -0.15) is 0 Å². The molecule has 4 heteroatoms. The molecule has 1 fully saturated rings. The number of aryl methyl sites for hydroxylation is 1. The minimum atomic E-state index is 0.191. The molecule has 0 aromatic heterocycles. The number of hydrogen-bond donors (Lipinski definition) is 0. The van der Waals surface area contributed by atoms with Crippen LogP contribution in [0, 0.1) is 6.92 Å². The van der Waals surface area contributed by atoms with Gasteiger partial charge < -0.3 is 4.90 Å². The van der Waals surface area contributed by atoms with Crippen molar-refractivity contribution >= 4 is 37.8 Å². The van der Waals surface area contributed by atoms with Crippen molar-refractivity contribution in [2.75, 3.05) is 11.9 Å². The van der Waals surface area contributed by atoms with Crippen molar-refractivity contribution < 1.29 is 4.79 Å². The van der Waals surface area contributed by atoms with E-state index in [1.54, 1.807) is 0 Å². The third kappa shape index (κ3) is 3.60. The van der Waals surface area contributed by atoms with Crippen molar-refractivity contribution in [1.29, 1.82) is 0 Å². The van der Waals surface area contributed by atoms with Gasteiger partial charge in [-0.25, -0.2) is 0 Å². The molecule has 1 heterocycles. The standard InChI is InChI=1S/C15H19Br2NO/c1-11-6-7-12(17)10-14(11)15(19)18-9-3-5-13(18)4-2-8-16/h6-7,10,13H,2-5,8-9H2,1H3. The summed E-state index contributed by atoms with van der Waals surface area (Å²) in [4.78, 5) is 14.8. The maximum atomic E-state index is 12.7. The number of hydrogen-bond acceptors (Lipinski definition) is 1. The van der Waals surface area contributed by atoms with Crippen LogP contribution in [0.1, 0.15) is 41.6 Å². The SMILES string of the molecule is Cc1ccc(Br)cc1C(=O)N1CCCC1CCCBr. The number of alkyl halides is 1. The normalized spacial score (nSPS) is 18.9. The molecule has 0 N–H and O–H groups in total. The molecule has 104 valence electrons. The van der Waals surface area contributed by atoms with E-state index in [4.69, 9.17) is 0 Å². The summed E-state index contributed by atoms with van der Waals surface area (Å²) in [7, 11) is 0. The van der Waals surface area contributed by atoms with Crippen LogP contribution < -0.4 is 0 Å². The number of carbonyl (C=O) groups excluding carboxylic acids is 1. The van der Waals surface area contributed by atoms with Gasteiger partial charge in [0, 0.05) is 28.0 Å². The molecule has 1 aromatic carbocycles. The Morgan fingerprint density at radius 1 is 1.47 bits per heavy atom. The third-order valence-corrected chi connectivity index (χ3v) is 4.79. The number of amides is 1. The molecule has 2 rings (SSSR count). The largest absolute Gasteiger partial charge is 0.336 e. The van der Waals surface area contributed by atoms with Crippen LogP contribution in [-0.2, 0) is 0 Å². The topological polar surface area (TPSA) is 20.3 Å². The van der Waals surface area contributed by atoms with Crippen molar-refractivity contribution in [3.63, 3.8) is 0 Å². The maximum Gasteiger partial charge on any atom is 0.254 e. The van der Waals surface area contributed by atoms with Gasteiger partial charge in [0.1, 0.15) is 0 Å². The van der Waals surface area contributed by atoms with Gasteiger partial charge in [0.2, 0.25) is 0 Å². The second-order valence-corrected chi connectivity index (χ2v) is 6.79. The first-order valence-electron chi connectivity index (χ1n) is 6.76. The summed E-state index contributed by atoms with van der Waals surface area (Å²) in [5.74, 6) is 0.191. The van der Waals surface area contributed by atoms with E-state index in [1.807, 2.05) is 25.1 Å². The molecule has 1 aromatic rings. The van der Waals surface area contributed by atoms with Gasteiger partial charge in [0.25, 0.3) is 5.91 Å². The summed E-state index contributed by atoms with van der Waals surface area (Å²) in [6, 6.07) is 6.35. The van der Waals surface area contributed by atoms with Crippen LogP contribution in [0.2, 0.25) is 0 Å². The van der Waals surface area contributed by atoms with Gasteiger partial charge in [0.15, 0.2) is 0 Å². The second kappa shape index (κ2) is 6.89. The van der Waals surface area contributed by atoms with Crippen molar-refractivity contribution in [3.05, 3.63) is 33.8 Å². The zero-order valence-electron chi connectivity index (χ0n) is 11.2. The minimum absolute atomic E-state index is 0.191. The lowest BCUT2D eigenvalue weighted by atomic mass is 10.1. The lowest BCUT2D eigenvalue weighted by Crippen LogP contribution is -2.35. The van der Waals surface area contributed by atoms with Crippen LogP contribution in [-0.4, -0.2) is 28.7 Å². The number of halogens is 2. The van der Waals surface area contributed by atoms with E-state index in [0.717, 1.165) is 53.2 Å². The quantitative estimate of drug-likeness (QED) is 0.693. The molecule has 1 amide bonds. The van der Waals surface area contributed by atoms with Crippen molar-refractivity contribution in [3.8, 4) is 0 Å². The Labute approximate surface area is 131 Å². The summed E-state index contributed by atoms with van der Waals surface area (Å²) in [6.07, 6.45) is 4.51. The van der Waals surface area contributed by atoms with Crippen LogP contribution in [0.3, 0.4) is 0 Å². The lowest BCUT2D eigenvalue weighted by molar-refractivity contribution is 0.0729. The molecule has 1 saturated heterocycles. The van der Waals surface area contributed by atoms with E-state index >= 15 is 0 Å². The molecule has 0 radical (unpaired) electrons. The molecule has 1 aliphatic rings. The molecule has 0 spiro atoms. The Hall–Kier alpha value is -0.350. The summed E-state index contributed by atoms with van der Waals surface area (Å²) in [6.45, 7) is 2.90. The number of carbonyl (C=O) groups is 1. The average molecular weight is 389 g/mol. The number of nitrogens with zero attached hydrogens (tertiary/aromatic N) is 1. The van der Waals surface area contributed by atoms with E-state index in [-0.39, 0.29) is 5.91 Å². The molecular formula is C15H19Br2NO. The minimum Gasteiger partial charge on any atom is -0.336 e. The molecule has 19 heavy (non-hydrogen) atoms. The lowest BCUT2D eigenvalue weighted by Gasteiger charge is -2.25. The summed E-state index contributed by atoms with van der Waals surface area (Å²) < 4.78 is 0.970. The molecule has 0 bridgehead atoms. The molecular weight excluding hydrogens is 370 g/mol. The summed E-state index contributed by atoms with van der Waals surface area (Å²) in [5, 5.41) is 1.02. The van der Waals surface area contributed by atoms with E-state index in [1.165, 1.54) is 0 Å². The Bertz CT molecular complexity index is 461. The fourth-order valence-electron chi connectivity index (χ4n) is 2.70. The number of rotatable bonds is 4. The molecule has 1 atom stereocenters. The Morgan fingerprint density at radius 2 is 2.26 bits per heavy atom. The molecule has 0 aliphatic carbocycles. The van der Waals surface area contributed by atoms with E-state index in [9.17, 15) is 4.79 Å². The zero-order valence-corrected chi connectivity index (χ0v) is 14.3. The van der Waals surface area contributed by atoms with E-state index in [0.29, 0.717) is 6.04 Å². The highest BCUT2D eigenvalue weighted by atomic mass is 79.9. The molecule has 0 saturated carbocycles. The van der Waals surface area contributed by atoms with Gasteiger partial charge in [0.05, 0.1) is 0 Å². The third-order valence-electron chi connectivity index (χ3n) is 3.74. The predicted octanol–water partition coefficient (Wildman–Crippen LogP) is 4.54. The first-order chi connectivity index (χ1) is 9.13. The van der Waals surface area contributed by atoms with Crippen LogP contribution >= 0.6 is 31.9 Å². The van der Waals surface area contributed by atoms with Crippen molar-refractivity contribution in [1.82, 2.24) is 4.90 Å². The Balaban J connectivity index is 2.16.